The molecule has 0 spiro atoms. The van der Waals surface area contributed by atoms with E-state index in [0.29, 0.717) is 11.3 Å². The molecule has 0 saturated carbocycles. The van der Waals surface area contributed by atoms with Gasteiger partial charge < -0.3 is 10.6 Å². The predicted octanol–water partition coefficient (Wildman–Crippen LogP) is 1.18. The van der Waals surface area contributed by atoms with Crippen LogP contribution in [0, 0.1) is 11.3 Å². The van der Waals surface area contributed by atoms with Crippen LogP contribution in [0.4, 0.5) is 5.69 Å². The molecule has 0 saturated heterocycles. The molecule has 0 fully saturated rings. The molecule has 0 aliphatic rings. The first kappa shape index (κ1) is 20.1. The van der Waals surface area contributed by atoms with E-state index in [1.54, 1.807) is 24.3 Å². The van der Waals surface area contributed by atoms with Crippen molar-refractivity contribution in [2.75, 3.05) is 26.0 Å². The number of anilines is 1. The Morgan fingerprint density at radius 3 is 2.30 bits per heavy atom. The van der Waals surface area contributed by atoms with Gasteiger partial charge in [0.1, 0.15) is 6.07 Å². The zero-order chi connectivity index (χ0) is 20.0. The SMILES string of the molecule is CN(C)S(=O)(=O)c1ccc(C(=O)NCC(=O)Nc2ccccc2C#N)cc1. The van der Waals surface area contributed by atoms with Crippen LogP contribution < -0.4 is 10.6 Å². The molecule has 9 heteroatoms. The van der Waals surface area contributed by atoms with E-state index >= 15 is 0 Å². The van der Waals surface area contributed by atoms with Gasteiger partial charge in [-0.3, -0.25) is 9.59 Å². The molecule has 0 atom stereocenters. The van der Waals surface area contributed by atoms with Crippen LogP contribution in [0.1, 0.15) is 15.9 Å². The topological polar surface area (TPSA) is 119 Å². The third-order valence-corrected chi connectivity index (χ3v) is 5.46. The fourth-order valence-electron chi connectivity index (χ4n) is 2.14. The molecular formula is C18H18N4O4S. The maximum absolute atomic E-state index is 12.1. The minimum absolute atomic E-state index is 0.0647. The number of carbonyl (C=O) groups is 2. The average molecular weight is 386 g/mol. The first-order chi connectivity index (χ1) is 12.8. The van der Waals surface area contributed by atoms with E-state index in [2.05, 4.69) is 10.6 Å². The Hall–Kier alpha value is -3.22. The summed E-state index contributed by atoms with van der Waals surface area (Å²) in [5.41, 5.74) is 0.894. The van der Waals surface area contributed by atoms with Crippen LogP contribution in [0.3, 0.4) is 0 Å². The van der Waals surface area contributed by atoms with E-state index in [4.69, 9.17) is 5.26 Å². The Morgan fingerprint density at radius 2 is 1.70 bits per heavy atom. The highest BCUT2D eigenvalue weighted by atomic mass is 32.2. The molecular weight excluding hydrogens is 368 g/mol. The Bertz CT molecular complexity index is 993. The molecule has 0 unspecified atom stereocenters. The van der Waals surface area contributed by atoms with Crippen LogP contribution in [0.2, 0.25) is 0 Å². The molecule has 0 aliphatic carbocycles. The molecule has 0 heterocycles. The van der Waals surface area contributed by atoms with E-state index in [1.807, 2.05) is 6.07 Å². The number of sulfonamides is 1. The molecule has 0 aliphatic heterocycles. The second-order valence-electron chi connectivity index (χ2n) is 5.70. The van der Waals surface area contributed by atoms with E-state index < -0.39 is 21.8 Å². The highest BCUT2D eigenvalue weighted by Gasteiger charge is 2.17. The second-order valence-corrected chi connectivity index (χ2v) is 7.85. The summed E-state index contributed by atoms with van der Waals surface area (Å²) < 4.78 is 25.1. The lowest BCUT2D eigenvalue weighted by molar-refractivity contribution is -0.115. The fourth-order valence-corrected chi connectivity index (χ4v) is 3.04. The number of nitriles is 1. The lowest BCUT2D eigenvalue weighted by atomic mass is 10.2. The van der Waals surface area contributed by atoms with Crippen LogP contribution in [0.15, 0.2) is 53.4 Å². The number of hydrogen-bond donors (Lipinski definition) is 2. The quantitative estimate of drug-likeness (QED) is 0.772. The Morgan fingerprint density at radius 1 is 1.07 bits per heavy atom. The fraction of sp³-hybridized carbons (Fsp3) is 0.167. The van der Waals surface area contributed by atoms with Crippen LogP contribution in [0.25, 0.3) is 0 Å². The van der Waals surface area contributed by atoms with Gasteiger partial charge in [-0.1, -0.05) is 12.1 Å². The molecule has 0 aromatic heterocycles. The van der Waals surface area contributed by atoms with E-state index in [-0.39, 0.29) is 17.0 Å². The highest BCUT2D eigenvalue weighted by Crippen LogP contribution is 2.14. The lowest BCUT2D eigenvalue weighted by Crippen LogP contribution is -2.33. The summed E-state index contributed by atoms with van der Waals surface area (Å²) in [6.07, 6.45) is 0. The van der Waals surface area contributed by atoms with Crippen LogP contribution in [0.5, 0.6) is 0 Å². The van der Waals surface area contributed by atoms with Crippen molar-refractivity contribution in [3.05, 3.63) is 59.7 Å². The van der Waals surface area contributed by atoms with Gasteiger partial charge >= 0.3 is 0 Å². The smallest absolute Gasteiger partial charge is 0.251 e. The minimum atomic E-state index is -3.58. The van der Waals surface area contributed by atoms with E-state index in [0.717, 1.165) is 4.31 Å². The summed E-state index contributed by atoms with van der Waals surface area (Å²) in [7, 11) is -0.744. The zero-order valence-electron chi connectivity index (χ0n) is 14.8. The molecule has 27 heavy (non-hydrogen) atoms. The number of nitrogens with one attached hydrogen (secondary N) is 2. The summed E-state index contributed by atoms with van der Waals surface area (Å²) in [6.45, 7) is -0.295. The van der Waals surface area contributed by atoms with Crippen LogP contribution in [-0.4, -0.2) is 45.2 Å². The molecule has 140 valence electrons. The predicted molar refractivity (Wildman–Crippen MR) is 99.4 cm³/mol. The average Bonchev–Trinajstić information content (AvgIpc) is 2.66. The van der Waals surface area contributed by atoms with Gasteiger partial charge in [-0.25, -0.2) is 12.7 Å². The molecule has 0 bridgehead atoms. The van der Waals surface area contributed by atoms with Crippen molar-refractivity contribution in [3.63, 3.8) is 0 Å². The maximum atomic E-state index is 12.1. The van der Waals surface area contributed by atoms with Gasteiger partial charge in [-0.2, -0.15) is 5.26 Å². The summed E-state index contributed by atoms with van der Waals surface area (Å²) >= 11 is 0. The van der Waals surface area contributed by atoms with Crippen molar-refractivity contribution < 1.29 is 18.0 Å². The first-order valence-corrected chi connectivity index (χ1v) is 9.29. The highest BCUT2D eigenvalue weighted by molar-refractivity contribution is 7.89. The number of hydrogen-bond acceptors (Lipinski definition) is 5. The van der Waals surface area contributed by atoms with Gasteiger partial charge in [0.15, 0.2) is 0 Å². The largest absolute Gasteiger partial charge is 0.343 e. The standard InChI is InChI=1S/C18H18N4O4S/c1-22(2)27(25,26)15-9-7-13(8-10-15)18(24)20-12-17(23)21-16-6-4-3-5-14(16)11-19/h3-10H,12H2,1-2H3,(H,20,24)(H,21,23). The van der Waals surface area contributed by atoms with Gasteiger partial charge in [-0.15, -0.1) is 0 Å². The number of rotatable bonds is 6. The molecule has 8 nitrogen and oxygen atoms in total. The van der Waals surface area contributed by atoms with Gasteiger partial charge in [0.2, 0.25) is 15.9 Å². The number of para-hydroxylation sites is 1. The van der Waals surface area contributed by atoms with Crippen molar-refractivity contribution in [1.82, 2.24) is 9.62 Å². The second kappa shape index (κ2) is 8.44. The van der Waals surface area contributed by atoms with Gasteiger partial charge in [-0.05, 0) is 36.4 Å². The van der Waals surface area contributed by atoms with Gasteiger partial charge in [0.25, 0.3) is 5.91 Å². The Balaban J connectivity index is 1.98. The molecule has 2 amide bonds. The van der Waals surface area contributed by atoms with Crippen molar-refractivity contribution in [2.24, 2.45) is 0 Å². The monoisotopic (exact) mass is 386 g/mol. The van der Waals surface area contributed by atoms with Crippen molar-refractivity contribution >= 4 is 27.5 Å². The van der Waals surface area contributed by atoms with Crippen molar-refractivity contribution in [2.45, 2.75) is 4.90 Å². The van der Waals surface area contributed by atoms with Gasteiger partial charge in [0, 0.05) is 19.7 Å². The Labute approximate surface area is 157 Å². The summed E-state index contributed by atoms with van der Waals surface area (Å²) in [6, 6.07) is 13.9. The summed E-state index contributed by atoms with van der Waals surface area (Å²) in [5, 5.41) is 14.0. The zero-order valence-corrected chi connectivity index (χ0v) is 15.6. The van der Waals surface area contributed by atoms with Crippen LogP contribution in [-0.2, 0) is 14.8 Å². The summed E-state index contributed by atoms with van der Waals surface area (Å²) in [4.78, 5) is 24.1. The third kappa shape index (κ3) is 4.91. The Kier molecular flexibility index (Phi) is 6.28. The maximum Gasteiger partial charge on any atom is 0.251 e. The lowest BCUT2D eigenvalue weighted by Gasteiger charge is -2.12. The number of carbonyl (C=O) groups excluding carboxylic acids is 2. The summed E-state index contributed by atoms with van der Waals surface area (Å²) in [5.74, 6) is -1.01. The minimum Gasteiger partial charge on any atom is -0.343 e. The van der Waals surface area contributed by atoms with E-state index in [1.165, 1.54) is 38.4 Å². The van der Waals surface area contributed by atoms with Crippen molar-refractivity contribution in [3.8, 4) is 6.07 Å². The first-order valence-electron chi connectivity index (χ1n) is 7.85. The number of nitrogens with zero attached hydrogens (tertiary/aromatic N) is 2. The van der Waals surface area contributed by atoms with E-state index in [9.17, 15) is 18.0 Å². The molecule has 2 rings (SSSR count). The van der Waals surface area contributed by atoms with Crippen molar-refractivity contribution in [1.29, 1.82) is 5.26 Å². The molecule has 2 aromatic rings. The third-order valence-electron chi connectivity index (χ3n) is 3.63. The molecule has 2 N–H and O–H groups in total. The van der Waals surface area contributed by atoms with Gasteiger partial charge in [0.05, 0.1) is 22.7 Å². The van der Waals surface area contributed by atoms with Crippen LogP contribution >= 0.6 is 0 Å². The normalized spacial score (nSPS) is 10.9. The molecule has 0 radical (unpaired) electrons. The number of amides is 2. The molecule has 2 aromatic carbocycles. The number of benzene rings is 2.